The maximum absolute atomic E-state index is 11.7. The summed E-state index contributed by atoms with van der Waals surface area (Å²) in [4.78, 5) is 11.7. The number of esters is 1. The number of nitrogens with zero attached hydrogens (tertiary/aromatic N) is 1. The molecule has 0 saturated carbocycles. The number of aromatic nitrogens is 1. The molecule has 0 unspecified atom stereocenters. The molecule has 4 aromatic rings. The molecule has 182 valence electrons. The summed E-state index contributed by atoms with van der Waals surface area (Å²) < 4.78 is 24.5. The fourth-order valence-electron chi connectivity index (χ4n) is 3.75. The minimum Gasteiger partial charge on any atom is -0.493 e. The second-order valence-electron chi connectivity index (χ2n) is 8.14. The Labute approximate surface area is 209 Å². The van der Waals surface area contributed by atoms with Crippen LogP contribution in [0.5, 0.6) is 17.2 Å². The second kappa shape index (κ2) is 11.7. The van der Waals surface area contributed by atoms with Crippen LogP contribution in [0.3, 0.4) is 0 Å². The molecule has 6 nitrogen and oxygen atoms in total. The Morgan fingerprint density at radius 1 is 0.886 bits per heavy atom. The molecule has 0 bridgehead atoms. The lowest BCUT2D eigenvalue weighted by Crippen LogP contribution is -2.05. The van der Waals surface area contributed by atoms with Gasteiger partial charge in [-0.2, -0.15) is 0 Å². The molecule has 35 heavy (non-hydrogen) atoms. The Bertz CT molecular complexity index is 1280. The lowest BCUT2D eigenvalue weighted by molar-refractivity contribution is -0.139. The molecule has 1 aromatic heterocycles. The molecule has 0 aliphatic carbocycles. The number of benzene rings is 3. The molecule has 0 fully saturated rings. The summed E-state index contributed by atoms with van der Waals surface area (Å²) in [6.07, 6.45) is 2.90. The molecule has 7 heteroatoms. The van der Waals surface area contributed by atoms with Gasteiger partial charge in [-0.05, 0) is 53.6 Å². The Balaban J connectivity index is 1.25. The fraction of sp³-hybridized carbons (Fsp3) is 0.250. The Morgan fingerprint density at radius 3 is 2.29 bits per heavy atom. The van der Waals surface area contributed by atoms with Gasteiger partial charge in [0.25, 0.3) is 0 Å². The number of rotatable bonds is 11. The minimum absolute atomic E-state index is 0.230. The van der Waals surface area contributed by atoms with Crippen molar-refractivity contribution in [2.45, 2.75) is 19.4 Å². The van der Waals surface area contributed by atoms with E-state index in [0.717, 1.165) is 45.7 Å². The smallest absolute Gasteiger partial charge is 0.310 e. The first kappa shape index (κ1) is 24.5. The standard InChI is InChI=1S/C28H28ClNO5/c1-30-18-21(15-28(31)32-2)26-17-25(11-12-27(26)30)34-14-4-13-33-23-5-3-6-24(16-23)35-19-20-7-9-22(29)10-8-20/h3,5-12,16-18H,4,13-15,19H2,1-2H3. The highest BCUT2D eigenvalue weighted by molar-refractivity contribution is 6.30. The largest absolute Gasteiger partial charge is 0.493 e. The molecular formula is C28H28ClNO5. The van der Waals surface area contributed by atoms with Gasteiger partial charge in [0.05, 0.1) is 26.7 Å². The zero-order valence-electron chi connectivity index (χ0n) is 19.8. The molecule has 0 spiro atoms. The van der Waals surface area contributed by atoms with Crippen LogP contribution in [-0.4, -0.2) is 30.9 Å². The minimum atomic E-state index is -0.264. The van der Waals surface area contributed by atoms with Crippen molar-refractivity contribution >= 4 is 28.5 Å². The molecule has 3 aromatic carbocycles. The van der Waals surface area contributed by atoms with Crippen LogP contribution in [0.2, 0.25) is 5.02 Å². The van der Waals surface area contributed by atoms with Gasteiger partial charge >= 0.3 is 5.97 Å². The van der Waals surface area contributed by atoms with Crippen molar-refractivity contribution in [3.63, 3.8) is 0 Å². The van der Waals surface area contributed by atoms with Gasteiger partial charge < -0.3 is 23.5 Å². The summed E-state index contributed by atoms with van der Waals surface area (Å²) in [5.74, 6) is 1.98. The average molecular weight is 494 g/mol. The van der Waals surface area contributed by atoms with Crippen molar-refractivity contribution in [3.8, 4) is 17.2 Å². The van der Waals surface area contributed by atoms with Crippen molar-refractivity contribution in [3.05, 3.63) is 89.1 Å². The Hall–Kier alpha value is -3.64. The maximum Gasteiger partial charge on any atom is 0.310 e. The Morgan fingerprint density at radius 2 is 1.57 bits per heavy atom. The molecule has 0 N–H and O–H groups in total. The first-order chi connectivity index (χ1) is 17.0. The molecule has 1 heterocycles. The van der Waals surface area contributed by atoms with Gasteiger partial charge in [0.2, 0.25) is 0 Å². The quantitative estimate of drug-likeness (QED) is 0.190. The van der Waals surface area contributed by atoms with Crippen molar-refractivity contribution in [2.75, 3.05) is 20.3 Å². The molecule has 0 aliphatic rings. The van der Waals surface area contributed by atoms with Gasteiger partial charge in [-0.25, -0.2) is 0 Å². The van der Waals surface area contributed by atoms with Gasteiger partial charge in [0.1, 0.15) is 23.9 Å². The summed E-state index contributed by atoms with van der Waals surface area (Å²) in [5.41, 5.74) is 3.00. The van der Waals surface area contributed by atoms with E-state index in [-0.39, 0.29) is 12.4 Å². The van der Waals surface area contributed by atoms with E-state index in [1.807, 2.05) is 84.5 Å². The number of halogens is 1. The van der Waals surface area contributed by atoms with Crippen LogP contribution in [0.25, 0.3) is 10.9 Å². The van der Waals surface area contributed by atoms with Crippen LogP contribution < -0.4 is 14.2 Å². The van der Waals surface area contributed by atoms with Crippen LogP contribution in [0.1, 0.15) is 17.5 Å². The van der Waals surface area contributed by atoms with Crippen molar-refractivity contribution < 1.29 is 23.7 Å². The zero-order valence-corrected chi connectivity index (χ0v) is 20.6. The van der Waals surface area contributed by atoms with Crippen LogP contribution >= 0.6 is 11.6 Å². The monoisotopic (exact) mass is 493 g/mol. The first-order valence-corrected chi connectivity index (χ1v) is 11.8. The molecule has 0 atom stereocenters. The number of methoxy groups -OCH3 is 1. The number of carbonyl (C=O) groups excluding carboxylic acids is 1. The maximum atomic E-state index is 11.7. The van der Waals surface area contributed by atoms with Gasteiger partial charge in [0.15, 0.2) is 0 Å². The second-order valence-corrected chi connectivity index (χ2v) is 8.57. The zero-order chi connectivity index (χ0) is 24.6. The van der Waals surface area contributed by atoms with Gasteiger partial charge in [-0.15, -0.1) is 0 Å². The summed E-state index contributed by atoms with van der Waals surface area (Å²) >= 11 is 5.92. The number of fused-ring (bicyclic) bond motifs is 1. The molecular weight excluding hydrogens is 466 g/mol. The van der Waals surface area contributed by atoms with E-state index in [4.69, 9.17) is 30.5 Å². The molecule has 0 amide bonds. The summed E-state index contributed by atoms with van der Waals surface area (Å²) in [5, 5.41) is 1.69. The van der Waals surface area contributed by atoms with E-state index >= 15 is 0 Å². The highest BCUT2D eigenvalue weighted by Crippen LogP contribution is 2.26. The van der Waals surface area contributed by atoms with Gasteiger partial charge in [-0.1, -0.05) is 29.8 Å². The van der Waals surface area contributed by atoms with Crippen LogP contribution in [0.15, 0.2) is 72.9 Å². The SMILES string of the molecule is COC(=O)Cc1cn(C)c2ccc(OCCCOc3cccc(OCc4ccc(Cl)cc4)c3)cc12. The first-order valence-electron chi connectivity index (χ1n) is 11.4. The normalized spacial score (nSPS) is 10.8. The van der Waals surface area contributed by atoms with Crippen LogP contribution in [-0.2, 0) is 29.6 Å². The average Bonchev–Trinajstić information content (AvgIpc) is 3.18. The third-order valence-corrected chi connectivity index (χ3v) is 5.81. The summed E-state index contributed by atoms with van der Waals surface area (Å²) in [7, 11) is 3.35. The third kappa shape index (κ3) is 6.70. The number of hydrogen-bond donors (Lipinski definition) is 0. The van der Waals surface area contributed by atoms with E-state index in [9.17, 15) is 4.79 Å². The van der Waals surface area contributed by atoms with Gasteiger partial charge in [-0.3, -0.25) is 4.79 Å². The van der Waals surface area contributed by atoms with Crippen LogP contribution in [0, 0.1) is 0 Å². The lowest BCUT2D eigenvalue weighted by Gasteiger charge is -2.11. The van der Waals surface area contributed by atoms with E-state index in [1.165, 1.54) is 7.11 Å². The van der Waals surface area contributed by atoms with E-state index < -0.39 is 0 Å². The van der Waals surface area contributed by atoms with Crippen LogP contribution in [0.4, 0.5) is 0 Å². The summed E-state index contributed by atoms with van der Waals surface area (Å²) in [6, 6.07) is 21.1. The number of aryl methyl sites for hydroxylation is 1. The van der Waals surface area contributed by atoms with E-state index in [1.54, 1.807) is 0 Å². The molecule has 0 radical (unpaired) electrons. The highest BCUT2D eigenvalue weighted by atomic mass is 35.5. The fourth-order valence-corrected chi connectivity index (χ4v) is 3.88. The van der Waals surface area contributed by atoms with E-state index in [0.29, 0.717) is 24.8 Å². The number of carbonyl (C=O) groups is 1. The third-order valence-electron chi connectivity index (χ3n) is 5.56. The number of ether oxygens (including phenoxy) is 4. The van der Waals surface area contributed by atoms with Crippen molar-refractivity contribution in [2.24, 2.45) is 7.05 Å². The molecule has 0 aliphatic heterocycles. The predicted octanol–water partition coefficient (Wildman–Crippen LogP) is 5.97. The lowest BCUT2D eigenvalue weighted by atomic mass is 10.1. The van der Waals surface area contributed by atoms with Crippen molar-refractivity contribution in [1.29, 1.82) is 0 Å². The number of hydrogen-bond acceptors (Lipinski definition) is 5. The predicted molar refractivity (Wildman–Crippen MR) is 136 cm³/mol. The van der Waals surface area contributed by atoms with Gasteiger partial charge in [0, 0.05) is 41.7 Å². The molecule has 4 rings (SSSR count). The topological polar surface area (TPSA) is 58.9 Å². The van der Waals surface area contributed by atoms with Crippen molar-refractivity contribution in [1.82, 2.24) is 4.57 Å². The molecule has 0 saturated heterocycles. The van der Waals surface area contributed by atoms with E-state index in [2.05, 4.69) is 0 Å². The Kier molecular flexibility index (Phi) is 8.16. The highest BCUT2D eigenvalue weighted by Gasteiger charge is 2.12. The summed E-state index contributed by atoms with van der Waals surface area (Å²) in [6.45, 7) is 1.49.